The molecule has 3 atom stereocenters. The van der Waals surface area contributed by atoms with Gasteiger partial charge in [0.25, 0.3) is 0 Å². The molecule has 2 heterocycles. The molecule has 0 radical (unpaired) electrons. The van der Waals surface area contributed by atoms with Crippen LogP contribution in [0.4, 0.5) is 0 Å². The summed E-state index contributed by atoms with van der Waals surface area (Å²) in [6.07, 6.45) is 1.19. The van der Waals surface area contributed by atoms with Crippen molar-refractivity contribution in [3.8, 4) is 0 Å². The number of hydrogen-bond donors (Lipinski definition) is 1. The zero-order chi connectivity index (χ0) is 14.3. The van der Waals surface area contributed by atoms with Gasteiger partial charge in [0.05, 0.1) is 0 Å². The summed E-state index contributed by atoms with van der Waals surface area (Å²) in [6.45, 7) is 1.81. The number of carbonyl (C=O) groups excluding carboxylic acids is 1. The Kier molecular flexibility index (Phi) is 3.01. The Balaban J connectivity index is 2.04. The average molecular weight is 275 g/mol. The van der Waals surface area contributed by atoms with Gasteiger partial charge in [-0.2, -0.15) is 0 Å². The predicted molar refractivity (Wildman–Crippen MR) is 70.8 cm³/mol. The highest BCUT2D eigenvalue weighted by Crippen LogP contribution is 2.46. The zero-order valence-corrected chi connectivity index (χ0v) is 11.3. The molecule has 2 saturated heterocycles. The summed E-state index contributed by atoms with van der Waals surface area (Å²) in [7, 11) is 0. The number of piperidine rings is 1. The first-order chi connectivity index (χ1) is 9.53. The van der Waals surface area contributed by atoms with E-state index in [9.17, 15) is 14.7 Å². The zero-order valence-electron chi connectivity index (χ0n) is 11.3. The highest BCUT2D eigenvalue weighted by Gasteiger charge is 2.56. The lowest BCUT2D eigenvalue weighted by Crippen LogP contribution is -2.54. The van der Waals surface area contributed by atoms with Gasteiger partial charge in [-0.1, -0.05) is 30.3 Å². The number of fused-ring (bicyclic) bond motifs is 1. The standard InChI is InChI=1S/C15H17NO4/c1-15-9-5-8-11(17)16(15)12(14(18)19)13(20-15)10-6-3-2-4-7-10/h2-4,6-7,12-13H,5,8-9H2,1H3,(H,18,19)/t12-,13+,15-/m0/s1. The first-order valence-corrected chi connectivity index (χ1v) is 6.81. The topological polar surface area (TPSA) is 66.8 Å². The quantitative estimate of drug-likeness (QED) is 0.895. The second-order valence-electron chi connectivity index (χ2n) is 5.52. The van der Waals surface area contributed by atoms with E-state index in [-0.39, 0.29) is 5.91 Å². The number of amides is 1. The maximum absolute atomic E-state index is 12.2. The van der Waals surface area contributed by atoms with Gasteiger partial charge < -0.3 is 9.84 Å². The molecule has 0 aliphatic carbocycles. The van der Waals surface area contributed by atoms with Crippen molar-refractivity contribution in [1.82, 2.24) is 4.90 Å². The van der Waals surface area contributed by atoms with Crippen LogP contribution < -0.4 is 0 Å². The molecule has 1 amide bonds. The van der Waals surface area contributed by atoms with E-state index in [1.54, 1.807) is 0 Å². The third-order valence-electron chi connectivity index (χ3n) is 4.14. The lowest BCUT2D eigenvalue weighted by molar-refractivity contribution is -0.163. The summed E-state index contributed by atoms with van der Waals surface area (Å²) < 4.78 is 6.01. The Morgan fingerprint density at radius 1 is 1.40 bits per heavy atom. The number of ether oxygens (including phenoxy) is 1. The smallest absolute Gasteiger partial charge is 0.329 e. The molecule has 20 heavy (non-hydrogen) atoms. The number of benzene rings is 1. The average Bonchev–Trinajstić information content (AvgIpc) is 2.75. The molecule has 0 unspecified atom stereocenters. The van der Waals surface area contributed by atoms with Crippen LogP contribution in [0.5, 0.6) is 0 Å². The fourth-order valence-electron chi connectivity index (χ4n) is 3.24. The van der Waals surface area contributed by atoms with E-state index in [2.05, 4.69) is 0 Å². The molecule has 0 spiro atoms. The van der Waals surface area contributed by atoms with Gasteiger partial charge in [-0.15, -0.1) is 0 Å². The molecule has 0 aromatic heterocycles. The van der Waals surface area contributed by atoms with Gasteiger partial charge in [-0.25, -0.2) is 4.79 Å². The van der Waals surface area contributed by atoms with Crippen LogP contribution in [-0.4, -0.2) is 33.6 Å². The molecule has 1 N–H and O–H groups in total. The molecule has 1 aromatic rings. The number of carboxylic acid groups (broad SMARTS) is 1. The summed E-state index contributed by atoms with van der Waals surface area (Å²) >= 11 is 0. The van der Waals surface area contributed by atoms with Crippen molar-refractivity contribution in [2.45, 2.75) is 44.1 Å². The van der Waals surface area contributed by atoms with Crippen LogP contribution in [0.1, 0.15) is 37.9 Å². The van der Waals surface area contributed by atoms with E-state index < -0.39 is 23.8 Å². The number of carboxylic acids is 1. The van der Waals surface area contributed by atoms with Crippen molar-refractivity contribution < 1.29 is 19.4 Å². The normalized spacial score (nSPS) is 33.0. The number of aliphatic carboxylic acids is 1. The Morgan fingerprint density at radius 2 is 2.10 bits per heavy atom. The maximum Gasteiger partial charge on any atom is 0.329 e. The van der Waals surface area contributed by atoms with Crippen LogP contribution in [0.25, 0.3) is 0 Å². The predicted octanol–water partition coefficient (Wildman–Crippen LogP) is 1.94. The second kappa shape index (κ2) is 4.59. The highest BCUT2D eigenvalue weighted by atomic mass is 16.5. The monoisotopic (exact) mass is 275 g/mol. The lowest BCUT2D eigenvalue weighted by Gasteiger charge is -2.38. The molecule has 5 nitrogen and oxygen atoms in total. The SMILES string of the molecule is C[C@]12CCCC(=O)N1[C@H](C(=O)O)[C@@H](c1ccccc1)O2. The minimum Gasteiger partial charge on any atom is -0.480 e. The Morgan fingerprint density at radius 3 is 2.75 bits per heavy atom. The van der Waals surface area contributed by atoms with Crippen molar-refractivity contribution in [2.24, 2.45) is 0 Å². The van der Waals surface area contributed by atoms with E-state index in [0.717, 1.165) is 12.0 Å². The van der Waals surface area contributed by atoms with Crippen molar-refractivity contribution >= 4 is 11.9 Å². The van der Waals surface area contributed by atoms with Crippen molar-refractivity contribution in [2.75, 3.05) is 0 Å². The largest absolute Gasteiger partial charge is 0.480 e. The molecule has 2 aliphatic heterocycles. The number of carbonyl (C=O) groups is 2. The van der Waals surface area contributed by atoms with Gasteiger partial charge >= 0.3 is 5.97 Å². The van der Waals surface area contributed by atoms with E-state index in [1.807, 2.05) is 37.3 Å². The summed E-state index contributed by atoms with van der Waals surface area (Å²) in [4.78, 5) is 25.2. The van der Waals surface area contributed by atoms with Gasteiger partial charge in [0.15, 0.2) is 6.04 Å². The minimum atomic E-state index is -1.02. The molecule has 3 rings (SSSR count). The van der Waals surface area contributed by atoms with E-state index in [4.69, 9.17) is 4.74 Å². The number of rotatable bonds is 2. The molecule has 1 aromatic carbocycles. The minimum absolute atomic E-state index is 0.135. The number of nitrogens with zero attached hydrogens (tertiary/aromatic N) is 1. The molecule has 2 fully saturated rings. The third-order valence-corrected chi connectivity index (χ3v) is 4.14. The summed E-state index contributed by atoms with van der Waals surface area (Å²) in [5.41, 5.74) is -0.0119. The molecule has 106 valence electrons. The Hall–Kier alpha value is -1.88. The molecular formula is C15H17NO4. The van der Waals surface area contributed by atoms with Gasteiger partial charge in [-0.05, 0) is 25.3 Å². The molecule has 5 heteroatoms. The van der Waals surface area contributed by atoms with Crippen LogP contribution >= 0.6 is 0 Å². The second-order valence-corrected chi connectivity index (χ2v) is 5.52. The van der Waals surface area contributed by atoms with Crippen LogP contribution in [0.3, 0.4) is 0 Å². The first kappa shape index (κ1) is 13.1. The van der Waals surface area contributed by atoms with Crippen LogP contribution in [0.15, 0.2) is 30.3 Å². The van der Waals surface area contributed by atoms with Crippen LogP contribution in [0, 0.1) is 0 Å². The summed E-state index contributed by atoms with van der Waals surface area (Å²) in [5, 5.41) is 9.54. The van der Waals surface area contributed by atoms with Crippen molar-refractivity contribution in [1.29, 1.82) is 0 Å². The summed E-state index contributed by atoms with van der Waals surface area (Å²) in [5.74, 6) is -1.15. The fraction of sp³-hybridized carbons (Fsp3) is 0.467. The van der Waals surface area contributed by atoms with Gasteiger partial charge in [0.2, 0.25) is 5.91 Å². The fourth-order valence-corrected chi connectivity index (χ4v) is 3.24. The summed E-state index contributed by atoms with van der Waals surface area (Å²) in [6, 6.07) is 8.29. The highest BCUT2D eigenvalue weighted by molar-refractivity contribution is 5.86. The maximum atomic E-state index is 12.2. The van der Waals surface area contributed by atoms with Gasteiger partial charge in [-0.3, -0.25) is 9.69 Å². The van der Waals surface area contributed by atoms with Crippen molar-refractivity contribution in [3.05, 3.63) is 35.9 Å². The Labute approximate surface area is 117 Å². The van der Waals surface area contributed by atoms with E-state index >= 15 is 0 Å². The number of hydrogen-bond acceptors (Lipinski definition) is 3. The molecule has 2 aliphatic rings. The van der Waals surface area contributed by atoms with Crippen LogP contribution in [-0.2, 0) is 14.3 Å². The van der Waals surface area contributed by atoms with E-state index in [0.29, 0.717) is 12.8 Å². The molecule has 0 bridgehead atoms. The van der Waals surface area contributed by atoms with Gasteiger partial charge in [0.1, 0.15) is 11.8 Å². The van der Waals surface area contributed by atoms with Gasteiger partial charge in [0, 0.05) is 6.42 Å². The van der Waals surface area contributed by atoms with Crippen LogP contribution in [0.2, 0.25) is 0 Å². The lowest BCUT2D eigenvalue weighted by atomic mass is 9.97. The molecule has 0 saturated carbocycles. The first-order valence-electron chi connectivity index (χ1n) is 6.81. The third kappa shape index (κ3) is 1.89. The van der Waals surface area contributed by atoms with E-state index in [1.165, 1.54) is 4.90 Å². The Bertz CT molecular complexity index is 544. The van der Waals surface area contributed by atoms with Crippen molar-refractivity contribution in [3.63, 3.8) is 0 Å². The molecular weight excluding hydrogens is 258 g/mol.